The monoisotopic (exact) mass is 159 g/mol. The standard InChI is InChI=1S/C6H9NO4/c8-2-1-3-4(6(10)11)7-5(3)9/h3-4,8H,1-2H2,(H,7,9)(H,10,11). The van der Waals surface area contributed by atoms with Crippen molar-refractivity contribution in [3.05, 3.63) is 0 Å². The van der Waals surface area contributed by atoms with Gasteiger partial charge in [-0.2, -0.15) is 0 Å². The lowest BCUT2D eigenvalue weighted by molar-refractivity contribution is -0.153. The predicted molar refractivity (Wildman–Crippen MR) is 34.8 cm³/mol. The minimum absolute atomic E-state index is 0.151. The third-order valence-corrected chi connectivity index (χ3v) is 1.74. The van der Waals surface area contributed by atoms with Crippen molar-refractivity contribution in [3.8, 4) is 0 Å². The van der Waals surface area contributed by atoms with E-state index in [9.17, 15) is 9.59 Å². The van der Waals surface area contributed by atoms with Gasteiger partial charge in [0, 0.05) is 6.61 Å². The maximum atomic E-state index is 10.6. The molecule has 5 nitrogen and oxygen atoms in total. The second-order valence-corrected chi connectivity index (χ2v) is 2.44. The Kier molecular flexibility index (Phi) is 2.09. The summed E-state index contributed by atoms with van der Waals surface area (Å²) in [6, 6.07) is -0.797. The maximum Gasteiger partial charge on any atom is 0.327 e. The van der Waals surface area contributed by atoms with Crippen LogP contribution in [0.4, 0.5) is 0 Å². The molecule has 62 valence electrons. The zero-order valence-electron chi connectivity index (χ0n) is 5.78. The molecule has 1 rings (SSSR count). The second kappa shape index (κ2) is 2.87. The average Bonchev–Trinajstić information content (AvgIpc) is 1.95. The molecule has 0 aromatic heterocycles. The molecule has 3 N–H and O–H groups in total. The van der Waals surface area contributed by atoms with Crippen LogP contribution in [-0.4, -0.2) is 34.7 Å². The smallest absolute Gasteiger partial charge is 0.327 e. The van der Waals surface area contributed by atoms with Gasteiger partial charge in [0.1, 0.15) is 6.04 Å². The summed E-state index contributed by atoms with van der Waals surface area (Å²) in [5, 5.41) is 19.1. The molecule has 0 spiro atoms. The summed E-state index contributed by atoms with van der Waals surface area (Å²) in [4.78, 5) is 21.0. The zero-order chi connectivity index (χ0) is 8.43. The molecule has 0 aromatic carbocycles. The molecule has 0 aliphatic carbocycles. The summed E-state index contributed by atoms with van der Waals surface area (Å²) < 4.78 is 0. The van der Waals surface area contributed by atoms with Gasteiger partial charge >= 0.3 is 5.97 Å². The Morgan fingerprint density at radius 1 is 1.64 bits per heavy atom. The highest BCUT2D eigenvalue weighted by Gasteiger charge is 2.43. The number of amides is 1. The largest absolute Gasteiger partial charge is 0.480 e. The number of nitrogens with one attached hydrogen (secondary N) is 1. The number of rotatable bonds is 3. The van der Waals surface area contributed by atoms with Crippen molar-refractivity contribution in [2.45, 2.75) is 12.5 Å². The number of carboxylic acid groups (broad SMARTS) is 1. The van der Waals surface area contributed by atoms with Crippen molar-refractivity contribution in [1.29, 1.82) is 0 Å². The van der Waals surface area contributed by atoms with Gasteiger partial charge in [-0.15, -0.1) is 0 Å². The lowest BCUT2D eigenvalue weighted by Crippen LogP contribution is -2.62. The number of carbonyl (C=O) groups is 2. The van der Waals surface area contributed by atoms with Gasteiger partial charge in [-0.25, -0.2) is 4.79 Å². The van der Waals surface area contributed by atoms with E-state index >= 15 is 0 Å². The van der Waals surface area contributed by atoms with Gasteiger partial charge in [-0.1, -0.05) is 0 Å². The molecule has 1 aliphatic rings. The molecule has 2 unspecified atom stereocenters. The third-order valence-electron chi connectivity index (χ3n) is 1.74. The van der Waals surface area contributed by atoms with E-state index in [0.717, 1.165) is 0 Å². The Morgan fingerprint density at radius 2 is 2.27 bits per heavy atom. The predicted octanol–water partition coefficient (Wildman–Crippen LogP) is -1.43. The SMILES string of the molecule is O=C1NC(C(=O)O)C1CCO. The molecular formula is C6H9NO4. The molecule has 1 saturated heterocycles. The molecule has 1 fully saturated rings. The van der Waals surface area contributed by atoms with Gasteiger partial charge < -0.3 is 15.5 Å². The van der Waals surface area contributed by atoms with Crippen molar-refractivity contribution < 1.29 is 19.8 Å². The Morgan fingerprint density at radius 3 is 2.64 bits per heavy atom. The number of carboxylic acids is 1. The first-order chi connectivity index (χ1) is 5.16. The lowest BCUT2D eigenvalue weighted by Gasteiger charge is -2.32. The Hall–Kier alpha value is -1.10. The van der Waals surface area contributed by atoms with E-state index in [4.69, 9.17) is 10.2 Å². The van der Waals surface area contributed by atoms with Crippen LogP contribution in [0.25, 0.3) is 0 Å². The number of aliphatic carboxylic acids is 1. The maximum absolute atomic E-state index is 10.6. The van der Waals surface area contributed by atoms with Crippen LogP contribution in [0.15, 0.2) is 0 Å². The van der Waals surface area contributed by atoms with Crippen molar-refractivity contribution >= 4 is 11.9 Å². The highest BCUT2D eigenvalue weighted by molar-refractivity contribution is 5.96. The van der Waals surface area contributed by atoms with E-state index in [1.54, 1.807) is 0 Å². The van der Waals surface area contributed by atoms with E-state index in [-0.39, 0.29) is 18.9 Å². The van der Waals surface area contributed by atoms with Crippen molar-refractivity contribution in [3.63, 3.8) is 0 Å². The van der Waals surface area contributed by atoms with Gasteiger partial charge in [0.25, 0.3) is 0 Å². The molecule has 0 bridgehead atoms. The summed E-state index contributed by atoms with van der Waals surface area (Å²) in [6.07, 6.45) is 0.225. The highest BCUT2D eigenvalue weighted by atomic mass is 16.4. The fourth-order valence-electron chi connectivity index (χ4n) is 1.09. The fourth-order valence-corrected chi connectivity index (χ4v) is 1.09. The Bertz CT molecular complexity index is 191. The first-order valence-corrected chi connectivity index (χ1v) is 3.31. The first kappa shape index (κ1) is 8.00. The number of β-lactam (4-membered cyclic amide) rings is 1. The molecule has 5 heteroatoms. The quantitative estimate of drug-likeness (QED) is 0.440. The van der Waals surface area contributed by atoms with Crippen LogP contribution in [0.2, 0.25) is 0 Å². The molecule has 0 saturated carbocycles. The summed E-state index contributed by atoms with van der Waals surface area (Å²) in [5.74, 6) is -1.87. The van der Waals surface area contributed by atoms with Crippen molar-refractivity contribution in [1.82, 2.24) is 5.32 Å². The van der Waals surface area contributed by atoms with Crippen LogP contribution in [0, 0.1) is 5.92 Å². The lowest BCUT2D eigenvalue weighted by atomic mass is 9.88. The number of aliphatic hydroxyl groups excluding tert-OH is 1. The second-order valence-electron chi connectivity index (χ2n) is 2.44. The summed E-state index contributed by atoms with van der Waals surface area (Å²) in [7, 11) is 0. The number of carbonyl (C=O) groups excluding carboxylic acids is 1. The van der Waals surface area contributed by atoms with E-state index < -0.39 is 17.9 Å². The first-order valence-electron chi connectivity index (χ1n) is 3.31. The van der Waals surface area contributed by atoms with Crippen LogP contribution in [0.1, 0.15) is 6.42 Å². The number of hydrogen-bond acceptors (Lipinski definition) is 3. The Balaban J connectivity index is 2.47. The van der Waals surface area contributed by atoms with Crippen LogP contribution in [0.3, 0.4) is 0 Å². The van der Waals surface area contributed by atoms with Crippen LogP contribution in [0.5, 0.6) is 0 Å². The molecule has 1 amide bonds. The van der Waals surface area contributed by atoms with Crippen LogP contribution >= 0.6 is 0 Å². The van der Waals surface area contributed by atoms with Crippen LogP contribution < -0.4 is 5.32 Å². The topological polar surface area (TPSA) is 86.6 Å². The summed E-state index contributed by atoms with van der Waals surface area (Å²) in [5.41, 5.74) is 0. The van der Waals surface area contributed by atoms with Crippen molar-refractivity contribution in [2.24, 2.45) is 5.92 Å². The zero-order valence-corrected chi connectivity index (χ0v) is 5.78. The Labute approximate surface area is 63.0 Å². The van der Waals surface area contributed by atoms with Gasteiger partial charge in [0.05, 0.1) is 5.92 Å². The molecular weight excluding hydrogens is 150 g/mol. The fraction of sp³-hybridized carbons (Fsp3) is 0.667. The summed E-state index contributed by atoms with van der Waals surface area (Å²) >= 11 is 0. The average molecular weight is 159 g/mol. The number of hydrogen-bond donors (Lipinski definition) is 3. The molecule has 1 heterocycles. The molecule has 0 radical (unpaired) electrons. The van der Waals surface area contributed by atoms with Gasteiger partial charge in [0.15, 0.2) is 0 Å². The molecule has 1 aliphatic heterocycles. The highest BCUT2D eigenvalue weighted by Crippen LogP contribution is 2.18. The molecule has 11 heavy (non-hydrogen) atoms. The summed E-state index contributed by atoms with van der Waals surface area (Å²) in [6.45, 7) is -0.151. The van der Waals surface area contributed by atoms with Crippen molar-refractivity contribution in [2.75, 3.05) is 6.61 Å². The van der Waals surface area contributed by atoms with Gasteiger partial charge in [0.2, 0.25) is 5.91 Å². The van der Waals surface area contributed by atoms with E-state index in [2.05, 4.69) is 5.32 Å². The third kappa shape index (κ3) is 1.32. The van der Waals surface area contributed by atoms with E-state index in [0.29, 0.717) is 0 Å². The minimum atomic E-state index is -1.04. The van der Waals surface area contributed by atoms with Crippen LogP contribution in [-0.2, 0) is 9.59 Å². The molecule has 2 atom stereocenters. The van der Waals surface area contributed by atoms with E-state index in [1.165, 1.54) is 0 Å². The van der Waals surface area contributed by atoms with E-state index in [1.807, 2.05) is 0 Å². The normalized spacial score (nSPS) is 29.0. The number of aliphatic hydroxyl groups is 1. The van der Waals surface area contributed by atoms with Gasteiger partial charge in [-0.05, 0) is 6.42 Å². The van der Waals surface area contributed by atoms with Gasteiger partial charge in [-0.3, -0.25) is 4.79 Å². The molecule has 0 aromatic rings. The minimum Gasteiger partial charge on any atom is -0.480 e.